The van der Waals surface area contributed by atoms with Crippen LogP contribution >= 0.6 is 0 Å². The van der Waals surface area contributed by atoms with Crippen molar-refractivity contribution >= 4 is 0 Å². The first-order valence-corrected chi connectivity index (χ1v) is 7.07. The smallest absolute Gasteiger partial charge is 0.0534 e. The molecule has 1 N–H and O–H groups in total. The van der Waals surface area contributed by atoms with Crippen LogP contribution in [0.1, 0.15) is 45.4 Å². The maximum absolute atomic E-state index is 5.94. The Morgan fingerprint density at radius 3 is 2.44 bits per heavy atom. The van der Waals surface area contributed by atoms with Crippen molar-refractivity contribution in [2.45, 2.75) is 51.5 Å². The monoisotopic (exact) mass is 223 g/mol. The van der Waals surface area contributed by atoms with E-state index < -0.39 is 0 Å². The highest BCUT2D eigenvalue weighted by atomic mass is 16.5. The molecule has 3 aliphatic rings. The number of hydrogen-bond acceptors (Lipinski definition) is 2. The number of ether oxygens (including phenoxy) is 1. The number of nitrogens with one attached hydrogen (secondary N) is 1. The summed E-state index contributed by atoms with van der Waals surface area (Å²) in [5, 5.41) is 3.69. The summed E-state index contributed by atoms with van der Waals surface area (Å²) >= 11 is 0. The molecule has 0 heterocycles. The van der Waals surface area contributed by atoms with Crippen LogP contribution in [0.2, 0.25) is 0 Å². The third-order valence-corrected chi connectivity index (χ3v) is 4.42. The second kappa shape index (κ2) is 4.30. The van der Waals surface area contributed by atoms with Gasteiger partial charge in [0.05, 0.1) is 6.61 Å². The van der Waals surface area contributed by atoms with Crippen molar-refractivity contribution in [3.05, 3.63) is 0 Å². The van der Waals surface area contributed by atoms with Crippen molar-refractivity contribution in [1.29, 1.82) is 0 Å². The zero-order valence-corrected chi connectivity index (χ0v) is 10.5. The fraction of sp³-hybridized carbons (Fsp3) is 1.00. The van der Waals surface area contributed by atoms with Crippen LogP contribution in [0.4, 0.5) is 0 Å². The Bertz CT molecular complexity index is 243. The molecule has 3 rings (SSSR count). The van der Waals surface area contributed by atoms with Crippen LogP contribution in [0.3, 0.4) is 0 Å². The van der Waals surface area contributed by atoms with E-state index in [4.69, 9.17) is 4.74 Å². The highest BCUT2D eigenvalue weighted by Crippen LogP contribution is 2.46. The van der Waals surface area contributed by atoms with Gasteiger partial charge in [0.1, 0.15) is 0 Å². The highest BCUT2D eigenvalue weighted by molar-refractivity contribution is 4.95. The predicted molar refractivity (Wildman–Crippen MR) is 65.4 cm³/mol. The normalized spacial score (nSPS) is 29.1. The molecule has 0 amide bonds. The first kappa shape index (κ1) is 11.0. The van der Waals surface area contributed by atoms with E-state index in [0.717, 1.165) is 31.1 Å². The largest absolute Gasteiger partial charge is 0.381 e. The third kappa shape index (κ3) is 2.98. The molecule has 2 nitrogen and oxygen atoms in total. The molecule has 0 bridgehead atoms. The van der Waals surface area contributed by atoms with E-state index in [9.17, 15) is 0 Å². The Hall–Kier alpha value is -0.0800. The van der Waals surface area contributed by atoms with Crippen LogP contribution in [0.25, 0.3) is 0 Å². The number of hydrogen-bond donors (Lipinski definition) is 1. The maximum atomic E-state index is 5.94. The first-order chi connectivity index (χ1) is 7.76. The summed E-state index contributed by atoms with van der Waals surface area (Å²) in [4.78, 5) is 0. The molecule has 2 heteroatoms. The average Bonchev–Trinajstić information content (AvgIpc) is 3.16. The minimum absolute atomic E-state index is 0.414. The van der Waals surface area contributed by atoms with Crippen LogP contribution in [-0.2, 0) is 4.74 Å². The Balaban J connectivity index is 1.42. The predicted octanol–water partition coefficient (Wildman–Crippen LogP) is 2.58. The van der Waals surface area contributed by atoms with E-state index in [-0.39, 0.29) is 0 Å². The molecule has 1 atom stereocenters. The second-order valence-corrected chi connectivity index (χ2v) is 6.54. The molecule has 0 aromatic heterocycles. The summed E-state index contributed by atoms with van der Waals surface area (Å²) in [6, 6.07) is 0.835. The van der Waals surface area contributed by atoms with Crippen molar-refractivity contribution in [2.24, 2.45) is 17.3 Å². The molecule has 0 spiro atoms. The van der Waals surface area contributed by atoms with Crippen molar-refractivity contribution < 1.29 is 4.74 Å². The van der Waals surface area contributed by atoms with E-state index in [1.165, 1.54) is 45.1 Å². The van der Waals surface area contributed by atoms with Crippen molar-refractivity contribution in [3.8, 4) is 0 Å². The summed E-state index contributed by atoms with van der Waals surface area (Å²) in [6.45, 7) is 5.60. The quantitative estimate of drug-likeness (QED) is 0.683. The fourth-order valence-corrected chi connectivity index (χ4v) is 2.50. The van der Waals surface area contributed by atoms with Gasteiger partial charge < -0.3 is 10.1 Å². The van der Waals surface area contributed by atoms with Crippen LogP contribution in [-0.4, -0.2) is 25.8 Å². The lowest BCUT2D eigenvalue weighted by molar-refractivity contribution is 0.0345. The van der Waals surface area contributed by atoms with Gasteiger partial charge >= 0.3 is 0 Å². The minimum Gasteiger partial charge on any atom is -0.381 e. The number of rotatable bonds is 8. The Kier molecular flexibility index (Phi) is 2.97. The molecule has 3 saturated carbocycles. The van der Waals surface area contributed by atoms with Gasteiger partial charge in [-0.15, -0.1) is 0 Å². The fourth-order valence-electron chi connectivity index (χ4n) is 2.50. The molecule has 3 fully saturated rings. The standard InChI is InChI=1S/C14H25NO/c1-14(12-4-5-12,9-15-13-6-7-13)10-16-8-11-2-3-11/h11-13,15H,2-10H2,1H3. The summed E-state index contributed by atoms with van der Waals surface area (Å²) in [5.41, 5.74) is 0.414. The summed E-state index contributed by atoms with van der Waals surface area (Å²) in [6.07, 6.45) is 8.44. The van der Waals surface area contributed by atoms with E-state index in [2.05, 4.69) is 12.2 Å². The van der Waals surface area contributed by atoms with E-state index in [1.54, 1.807) is 0 Å². The lowest BCUT2D eigenvalue weighted by Gasteiger charge is -2.30. The summed E-state index contributed by atoms with van der Waals surface area (Å²) in [5.74, 6) is 1.83. The molecule has 3 aliphatic carbocycles. The highest BCUT2D eigenvalue weighted by Gasteiger charge is 2.42. The molecule has 0 radical (unpaired) electrons. The third-order valence-electron chi connectivity index (χ3n) is 4.42. The Morgan fingerprint density at radius 2 is 1.88 bits per heavy atom. The molecular weight excluding hydrogens is 198 g/mol. The van der Waals surface area contributed by atoms with Crippen molar-refractivity contribution in [1.82, 2.24) is 5.32 Å². The van der Waals surface area contributed by atoms with Gasteiger partial charge in [0, 0.05) is 24.6 Å². The van der Waals surface area contributed by atoms with Gasteiger partial charge in [0.25, 0.3) is 0 Å². The zero-order valence-electron chi connectivity index (χ0n) is 10.5. The molecule has 1 unspecified atom stereocenters. The minimum atomic E-state index is 0.414. The molecule has 0 aromatic rings. The lowest BCUT2D eigenvalue weighted by Crippen LogP contribution is -2.38. The topological polar surface area (TPSA) is 21.3 Å². The molecule has 0 saturated heterocycles. The second-order valence-electron chi connectivity index (χ2n) is 6.54. The Morgan fingerprint density at radius 1 is 1.12 bits per heavy atom. The molecule has 16 heavy (non-hydrogen) atoms. The van der Waals surface area contributed by atoms with Gasteiger partial charge in [-0.1, -0.05) is 6.92 Å². The van der Waals surface area contributed by atoms with E-state index in [1.807, 2.05) is 0 Å². The maximum Gasteiger partial charge on any atom is 0.0534 e. The average molecular weight is 223 g/mol. The van der Waals surface area contributed by atoms with Gasteiger partial charge in [-0.05, 0) is 50.4 Å². The summed E-state index contributed by atoms with van der Waals surface area (Å²) in [7, 11) is 0. The molecule has 0 aromatic carbocycles. The molecule has 92 valence electrons. The van der Waals surface area contributed by atoms with Gasteiger partial charge in [0.2, 0.25) is 0 Å². The van der Waals surface area contributed by atoms with E-state index >= 15 is 0 Å². The van der Waals surface area contributed by atoms with Crippen LogP contribution < -0.4 is 5.32 Å². The van der Waals surface area contributed by atoms with Crippen molar-refractivity contribution in [2.75, 3.05) is 19.8 Å². The van der Waals surface area contributed by atoms with Crippen LogP contribution in [0.15, 0.2) is 0 Å². The molecular formula is C14H25NO. The van der Waals surface area contributed by atoms with Gasteiger partial charge in [0.15, 0.2) is 0 Å². The SMILES string of the molecule is CC(CNC1CC1)(COCC1CC1)C1CC1. The van der Waals surface area contributed by atoms with Crippen molar-refractivity contribution in [3.63, 3.8) is 0 Å². The zero-order chi connectivity index (χ0) is 11.0. The van der Waals surface area contributed by atoms with Gasteiger partial charge in [-0.2, -0.15) is 0 Å². The Labute approximate surface area is 99.1 Å². The summed E-state index contributed by atoms with van der Waals surface area (Å²) < 4.78 is 5.94. The molecule has 0 aliphatic heterocycles. The van der Waals surface area contributed by atoms with E-state index in [0.29, 0.717) is 5.41 Å². The van der Waals surface area contributed by atoms with Gasteiger partial charge in [-0.25, -0.2) is 0 Å². The first-order valence-electron chi connectivity index (χ1n) is 7.07. The lowest BCUT2D eigenvalue weighted by atomic mass is 9.85. The van der Waals surface area contributed by atoms with Crippen LogP contribution in [0.5, 0.6) is 0 Å². The van der Waals surface area contributed by atoms with Crippen LogP contribution in [0, 0.1) is 17.3 Å². The van der Waals surface area contributed by atoms with Gasteiger partial charge in [-0.3, -0.25) is 0 Å².